The zero-order valence-corrected chi connectivity index (χ0v) is 17.8. The Kier molecular flexibility index (Phi) is 6.65. The summed E-state index contributed by atoms with van der Waals surface area (Å²) in [6.07, 6.45) is 0.229. The van der Waals surface area contributed by atoms with E-state index in [1.807, 2.05) is 48.5 Å². The van der Waals surface area contributed by atoms with Gasteiger partial charge in [-0.15, -0.1) is 0 Å². The third-order valence-corrected chi connectivity index (χ3v) is 4.69. The predicted octanol–water partition coefficient (Wildman–Crippen LogP) is 5.04. The Morgan fingerprint density at radius 2 is 1.21 bits per heavy atom. The summed E-state index contributed by atoms with van der Waals surface area (Å²) in [5, 5.41) is 5.67. The summed E-state index contributed by atoms with van der Waals surface area (Å²) in [6, 6.07) is 15.5. The van der Waals surface area contributed by atoms with Gasteiger partial charge in [0.1, 0.15) is 0 Å². The topological polar surface area (TPSA) is 58.2 Å². The molecule has 4 nitrogen and oxygen atoms in total. The normalized spacial score (nSPS) is 11.8. The van der Waals surface area contributed by atoms with Crippen molar-refractivity contribution in [2.24, 2.45) is 0 Å². The summed E-state index contributed by atoms with van der Waals surface area (Å²) in [7, 11) is 0. The summed E-state index contributed by atoms with van der Waals surface area (Å²) in [5.74, 6) is -0.283. The molecule has 150 valence electrons. The average Bonchev–Trinajstić information content (AvgIpc) is 2.60. The number of hydrogen-bond donors (Lipinski definition) is 2. The van der Waals surface area contributed by atoms with E-state index in [4.69, 9.17) is 0 Å². The molecule has 0 aliphatic heterocycles. The van der Waals surface area contributed by atoms with Gasteiger partial charge in [-0.25, -0.2) is 0 Å². The van der Waals surface area contributed by atoms with E-state index in [9.17, 15) is 9.59 Å². The minimum absolute atomic E-state index is 0.0537. The fraction of sp³-hybridized carbons (Fsp3) is 0.417. The highest BCUT2D eigenvalue weighted by Crippen LogP contribution is 2.24. The molecule has 0 atom stereocenters. The predicted molar refractivity (Wildman–Crippen MR) is 116 cm³/mol. The lowest BCUT2D eigenvalue weighted by molar-refractivity contribution is -0.116. The molecule has 0 saturated heterocycles. The van der Waals surface area contributed by atoms with E-state index in [-0.39, 0.29) is 29.1 Å². The van der Waals surface area contributed by atoms with Crippen molar-refractivity contribution >= 4 is 17.5 Å². The van der Waals surface area contributed by atoms with Gasteiger partial charge in [-0.3, -0.25) is 9.59 Å². The van der Waals surface area contributed by atoms with E-state index in [0.29, 0.717) is 12.1 Å². The maximum Gasteiger partial charge on any atom is 0.251 e. The maximum atomic E-state index is 12.2. The van der Waals surface area contributed by atoms with Gasteiger partial charge in [0.05, 0.1) is 0 Å². The van der Waals surface area contributed by atoms with Crippen LogP contribution in [0.5, 0.6) is 0 Å². The van der Waals surface area contributed by atoms with E-state index in [1.165, 1.54) is 11.1 Å². The Hall–Kier alpha value is -2.62. The Morgan fingerprint density at radius 1 is 0.750 bits per heavy atom. The van der Waals surface area contributed by atoms with E-state index < -0.39 is 0 Å². The molecule has 2 N–H and O–H groups in total. The van der Waals surface area contributed by atoms with E-state index in [2.05, 4.69) is 52.2 Å². The molecular weight excluding hydrogens is 348 g/mol. The molecule has 0 heterocycles. The molecule has 4 heteroatoms. The second kappa shape index (κ2) is 8.59. The third kappa shape index (κ3) is 6.22. The summed E-state index contributed by atoms with van der Waals surface area (Å²) in [6.45, 7) is 13.2. The van der Waals surface area contributed by atoms with Gasteiger partial charge < -0.3 is 10.6 Å². The number of rotatable bonds is 5. The zero-order chi connectivity index (χ0) is 20.9. The number of nitrogens with one attached hydrogen (secondary N) is 2. The van der Waals surface area contributed by atoms with Crippen LogP contribution in [0.25, 0.3) is 0 Å². The molecule has 0 radical (unpaired) electrons. The molecule has 0 unspecified atom stereocenters. The smallest absolute Gasteiger partial charge is 0.251 e. The van der Waals surface area contributed by atoms with Gasteiger partial charge in [-0.1, -0.05) is 65.8 Å². The summed E-state index contributed by atoms with van der Waals surface area (Å²) < 4.78 is 0. The van der Waals surface area contributed by atoms with Crippen LogP contribution >= 0.6 is 0 Å². The zero-order valence-electron chi connectivity index (χ0n) is 17.8. The Labute approximate surface area is 168 Å². The third-order valence-electron chi connectivity index (χ3n) is 4.69. The molecule has 0 spiro atoms. The fourth-order valence-corrected chi connectivity index (χ4v) is 2.79. The highest BCUT2D eigenvalue weighted by molar-refractivity contribution is 5.95. The molecule has 0 aromatic heterocycles. The number of carbonyl (C=O) groups excluding carboxylic acids is 2. The molecule has 0 fully saturated rings. The first kappa shape index (κ1) is 21.7. The van der Waals surface area contributed by atoms with Gasteiger partial charge in [-0.05, 0) is 46.2 Å². The lowest BCUT2D eigenvalue weighted by atomic mass is 9.87. The maximum absolute atomic E-state index is 12.2. The molecule has 0 bridgehead atoms. The molecule has 0 aliphatic rings. The molecule has 0 aliphatic carbocycles. The number of amides is 2. The van der Waals surface area contributed by atoms with Crippen LogP contribution in [-0.4, -0.2) is 18.4 Å². The van der Waals surface area contributed by atoms with Gasteiger partial charge in [0.15, 0.2) is 0 Å². The minimum atomic E-state index is -0.164. The van der Waals surface area contributed by atoms with Crippen molar-refractivity contribution in [3.63, 3.8) is 0 Å². The van der Waals surface area contributed by atoms with Gasteiger partial charge in [0.2, 0.25) is 5.91 Å². The van der Waals surface area contributed by atoms with Crippen molar-refractivity contribution < 1.29 is 9.59 Å². The van der Waals surface area contributed by atoms with Crippen LogP contribution in [0.3, 0.4) is 0 Å². The number of benzene rings is 2. The van der Waals surface area contributed by atoms with Gasteiger partial charge in [0.25, 0.3) is 5.91 Å². The highest BCUT2D eigenvalue weighted by atomic mass is 16.2. The molecule has 2 amide bonds. The standard InChI is InChI=1S/C24H32N2O2/c1-23(2,3)18-9-7-17(8-10-18)22(28)25-16-15-21(27)26-20-13-11-19(12-14-20)24(4,5)6/h7-14H,15-16H2,1-6H3,(H,25,28)(H,26,27). The van der Waals surface area contributed by atoms with Gasteiger partial charge >= 0.3 is 0 Å². The van der Waals surface area contributed by atoms with Crippen LogP contribution in [0.4, 0.5) is 5.69 Å². The first-order valence-electron chi connectivity index (χ1n) is 9.76. The second-order valence-corrected chi connectivity index (χ2v) is 9.21. The lowest BCUT2D eigenvalue weighted by Gasteiger charge is -2.19. The monoisotopic (exact) mass is 380 g/mol. The van der Waals surface area contributed by atoms with E-state index in [0.717, 1.165) is 5.69 Å². The van der Waals surface area contributed by atoms with Crippen molar-refractivity contribution in [2.75, 3.05) is 11.9 Å². The summed E-state index contributed by atoms with van der Waals surface area (Å²) in [5.41, 5.74) is 3.90. The van der Waals surface area contributed by atoms with Crippen LogP contribution in [0.1, 0.15) is 69.4 Å². The number of hydrogen-bond acceptors (Lipinski definition) is 2. The molecule has 28 heavy (non-hydrogen) atoms. The average molecular weight is 381 g/mol. The van der Waals surface area contributed by atoms with Crippen molar-refractivity contribution in [2.45, 2.75) is 58.8 Å². The van der Waals surface area contributed by atoms with Crippen molar-refractivity contribution in [3.8, 4) is 0 Å². The summed E-state index contributed by atoms with van der Waals surface area (Å²) in [4.78, 5) is 24.3. The largest absolute Gasteiger partial charge is 0.352 e. The van der Waals surface area contributed by atoms with Crippen LogP contribution < -0.4 is 10.6 Å². The summed E-state index contributed by atoms with van der Waals surface area (Å²) >= 11 is 0. The minimum Gasteiger partial charge on any atom is -0.352 e. The molecule has 2 rings (SSSR count). The first-order chi connectivity index (χ1) is 13.0. The number of anilines is 1. The molecular formula is C24H32N2O2. The fourth-order valence-electron chi connectivity index (χ4n) is 2.79. The van der Waals surface area contributed by atoms with Crippen molar-refractivity contribution in [1.82, 2.24) is 5.32 Å². The van der Waals surface area contributed by atoms with Gasteiger partial charge in [0, 0.05) is 24.2 Å². The number of carbonyl (C=O) groups is 2. The van der Waals surface area contributed by atoms with Crippen LogP contribution in [-0.2, 0) is 15.6 Å². The molecule has 2 aromatic carbocycles. The molecule has 2 aromatic rings. The van der Waals surface area contributed by atoms with E-state index in [1.54, 1.807) is 0 Å². The second-order valence-electron chi connectivity index (χ2n) is 9.21. The van der Waals surface area contributed by atoms with Crippen LogP contribution in [0, 0.1) is 0 Å². The molecule has 0 saturated carbocycles. The van der Waals surface area contributed by atoms with Crippen LogP contribution in [0.15, 0.2) is 48.5 Å². The first-order valence-corrected chi connectivity index (χ1v) is 9.76. The SMILES string of the molecule is CC(C)(C)c1ccc(NC(=O)CCNC(=O)c2ccc(C(C)(C)C)cc2)cc1. The van der Waals surface area contributed by atoms with Crippen molar-refractivity contribution in [3.05, 3.63) is 65.2 Å². The Bertz CT molecular complexity index is 808. The van der Waals surface area contributed by atoms with Crippen molar-refractivity contribution in [1.29, 1.82) is 0 Å². The quantitative estimate of drug-likeness (QED) is 0.763. The Morgan fingerprint density at radius 3 is 1.68 bits per heavy atom. The van der Waals surface area contributed by atoms with Crippen LogP contribution in [0.2, 0.25) is 0 Å². The highest BCUT2D eigenvalue weighted by Gasteiger charge is 2.15. The van der Waals surface area contributed by atoms with E-state index >= 15 is 0 Å². The van der Waals surface area contributed by atoms with Gasteiger partial charge in [-0.2, -0.15) is 0 Å². The Balaban J connectivity index is 1.81. The lowest BCUT2D eigenvalue weighted by Crippen LogP contribution is -2.27.